The number of hydrogen-bond acceptors (Lipinski definition) is 3. The van der Waals surface area contributed by atoms with Crippen LogP contribution in [0.15, 0.2) is 91.0 Å². The number of benzene rings is 4. The molecule has 4 aromatic carbocycles. The maximum atomic E-state index is 13.9. The lowest BCUT2D eigenvalue weighted by molar-refractivity contribution is -0.119. The number of anilines is 1. The Morgan fingerprint density at radius 1 is 0.947 bits per heavy atom. The number of fused-ring (bicyclic) bond motifs is 1. The summed E-state index contributed by atoms with van der Waals surface area (Å²) in [5, 5.41) is 2.89. The minimum atomic E-state index is -0.834. The smallest absolute Gasteiger partial charge is 0.255 e. The third-order valence-electron chi connectivity index (χ3n) is 6.63. The maximum absolute atomic E-state index is 13.9. The van der Waals surface area contributed by atoms with Crippen LogP contribution < -0.4 is 10.1 Å². The molecule has 0 fully saturated rings. The topological polar surface area (TPSA) is 58.6 Å². The fraction of sp³-hybridized carbons (Fsp3) is 0.133. The van der Waals surface area contributed by atoms with E-state index in [1.807, 2.05) is 12.1 Å². The van der Waals surface area contributed by atoms with Crippen molar-refractivity contribution in [2.75, 3.05) is 12.4 Å². The summed E-state index contributed by atoms with van der Waals surface area (Å²) in [6.07, 6.45) is 0. The molecule has 1 aliphatic heterocycles. The first-order valence-electron chi connectivity index (χ1n) is 11.9. The molecule has 1 N–H and O–H groups in total. The highest BCUT2D eigenvalue weighted by molar-refractivity contribution is 6.33. The molecule has 0 spiro atoms. The van der Waals surface area contributed by atoms with Crippen LogP contribution in [0.1, 0.15) is 39.0 Å². The number of halogens is 3. The lowest BCUT2D eigenvalue weighted by atomic mass is 9.79. The lowest BCUT2D eigenvalue weighted by Crippen LogP contribution is -2.45. The molecular weight excluding hydrogens is 510 g/mol. The molecule has 5 rings (SSSR count). The summed E-state index contributed by atoms with van der Waals surface area (Å²) in [6, 6.07) is 23.0. The van der Waals surface area contributed by atoms with Crippen LogP contribution in [0.2, 0.25) is 5.02 Å². The van der Waals surface area contributed by atoms with E-state index in [-0.39, 0.29) is 29.0 Å². The van der Waals surface area contributed by atoms with Crippen molar-refractivity contribution in [3.63, 3.8) is 0 Å². The van der Waals surface area contributed by atoms with Gasteiger partial charge in [0, 0.05) is 12.1 Å². The molecule has 5 nitrogen and oxygen atoms in total. The average molecular weight is 533 g/mol. The van der Waals surface area contributed by atoms with Crippen LogP contribution in [0.3, 0.4) is 0 Å². The molecule has 0 aliphatic carbocycles. The number of methoxy groups -OCH3 is 1. The van der Waals surface area contributed by atoms with Gasteiger partial charge in [-0.2, -0.15) is 0 Å². The molecule has 0 radical (unpaired) electrons. The Labute approximate surface area is 223 Å². The second-order valence-corrected chi connectivity index (χ2v) is 9.36. The number of carbonyl (C=O) groups is 2. The van der Waals surface area contributed by atoms with Crippen molar-refractivity contribution in [1.82, 2.24) is 4.90 Å². The monoisotopic (exact) mass is 532 g/mol. The van der Waals surface area contributed by atoms with Crippen molar-refractivity contribution in [2.45, 2.75) is 18.5 Å². The van der Waals surface area contributed by atoms with E-state index >= 15 is 0 Å². The Hall–Kier alpha value is -4.23. The Morgan fingerprint density at radius 2 is 1.63 bits per heavy atom. The Bertz CT molecular complexity index is 1490. The highest BCUT2D eigenvalue weighted by Crippen LogP contribution is 2.44. The van der Waals surface area contributed by atoms with E-state index < -0.39 is 23.7 Å². The Morgan fingerprint density at radius 3 is 2.32 bits per heavy atom. The predicted molar refractivity (Wildman–Crippen MR) is 141 cm³/mol. The van der Waals surface area contributed by atoms with Crippen molar-refractivity contribution in [2.24, 2.45) is 0 Å². The van der Waals surface area contributed by atoms with Crippen molar-refractivity contribution in [3.05, 3.63) is 130 Å². The van der Waals surface area contributed by atoms with Crippen LogP contribution in [0.5, 0.6) is 5.75 Å². The summed E-state index contributed by atoms with van der Waals surface area (Å²) in [6.45, 7) is 0.144. The normalized spacial score (nSPS) is 16.6. The zero-order chi connectivity index (χ0) is 26.8. The van der Waals surface area contributed by atoms with Crippen molar-refractivity contribution in [3.8, 4) is 5.75 Å². The lowest BCUT2D eigenvalue weighted by Gasteiger charge is -2.42. The van der Waals surface area contributed by atoms with Gasteiger partial charge in [-0.05, 0) is 65.2 Å². The average Bonchev–Trinajstić information content (AvgIpc) is 2.93. The van der Waals surface area contributed by atoms with Crippen LogP contribution >= 0.6 is 11.6 Å². The summed E-state index contributed by atoms with van der Waals surface area (Å²) in [5.41, 5.74) is 2.62. The minimum absolute atomic E-state index is 0.0580. The standard InChI is InChI=1S/C30H23ClF2N2O3/c1-38-22-13-8-19(9-14-22)28-27(29(36)34-26-15-12-21(33)16-25(26)31)23-4-2-3-5-24(23)30(37)35(28)17-18-6-10-20(32)11-7-18/h2-16,27-28H,17H2,1H3,(H,34,36). The molecule has 1 heterocycles. The van der Waals surface area contributed by atoms with E-state index in [0.717, 1.165) is 6.07 Å². The summed E-state index contributed by atoms with van der Waals surface area (Å²) in [4.78, 5) is 29.4. The molecular formula is C30H23ClF2N2O3. The van der Waals surface area contributed by atoms with Crippen LogP contribution in [0.25, 0.3) is 0 Å². The van der Waals surface area contributed by atoms with E-state index in [1.165, 1.54) is 24.3 Å². The molecule has 38 heavy (non-hydrogen) atoms. The summed E-state index contributed by atoms with van der Waals surface area (Å²) >= 11 is 6.21. The first kappa shape index (κ1) is 25.4. The molecule has 1 aliphatic rings. The quantitative estimate of drug-likeness (QED) is 0.299. The first-order chi connectivity index (χ1) is 18.4. The first-order valence-corrected chi connectivity index (χ1v) is 12.3. The van der Waals surface area contributed by atoms with Gasteiger partial charge >= 0.3 is 0 Å². The van der Waals surface area contributed by atoms with Crippen molar-refractivity contribution >= 4 is 29.1 Å². The Balaban J connectivity index is 1.64. The number of nitrogens with zero attached hydrogens (tertiary/aromatic N) is 1. The number of nitrogens with one attached hydrogen (secondary N) is 1. The molecule has 0 bridgehead atoms. The van der Waals surface area contributed by atoms with Crippen LogP contribution in [0.4, 0.5) is 14.5 Å². The molecule has 8 heteroatoms. The third-order valence-corrected chi connectivity index (χ3v) is 6.95. The highest BCUT2D eigenvalue weighted by Gasteiger charge is 2.44. The van der Waals surface area contributed by atoms with E-state index in [9.17, 15) is 18.4 Å². The Kier molecular flexibility index (Phi) is 7.11. The molecule has 2 atom stereocenters. The predicted octanol–water partition coefficient (Wildman–Crippen LogP) is 6.75. The molecule has 2 amide bonds. The van der Waals surface area contributed by atoms with Gasteiger partial charge in [0.25, 0.3) is 5.91 Å². The van der Waals surface area contributed by atoms with Crippen molar-refractivity contribution in [1.29, 1.82) is 0 Å². The van der Waals surface area contributed by atoms with Gasteiger partial charge in [-0.3, -0.25) is 9.59 Å². The van der Waals surface area contributed by atoms with E-state index in [1.54, 1.807) is 60.5 Å². The van der Waals surface area contributed by atoms with Gasteiger partial charge in [-0.25, -0.2) is 8.78 Å². The molecule has 0 saturated carbocycles. The van der Waals surface area contributed by atoms with Gasteiger partial charge in [0.1, 0.15) is 17.4 Å². The minimum Gasteiger partial charge on any atom is -0.497 e. The number of rotatable bonds is 6. The fourth-order valence-electron chi connectivity index (χ4n) is 4.81. The zero-order valence-corrected chi connectivity index (χ0v) is 21.1. The van der Waals surface area contributed by atoms with Gasteiger partial charge in [-0.1, -0.05) is 54.1 Å². The van der Waals surface area contributed by atoms with Gasteiger partial charge < -0.3 is 15.0 Å². The van der Waals surface area contributed by atoms with Gasteiger partial charge in [0.05, 0.1) is 29.8 Å². The summed E-state index contributed by atoms with van der Waals surface area (Å²) in [5.74, 6) is -1.79. The van der Waals surface area contributed by atoms with E-state index in [4.69, 9.17) is 16.3 Å². The molecule has 0 aromatic heterocycles. The second kappa shape index (κ2) is 10.6. The second-order valence-electron chi connectivity index (χ2n) is 8.96. The van der Waals surface area contributed by atoms with Gasteiger partial charge in [0.2, 0.25) is 5.91 Å². The molecule has 4 aromatic rings. The SMILES string of the molecule is COc1ccc(C2C(C(=O)Nc3ccc(F)cc3Cl)c3ccccc3C(=O)N2Cc2ccc(F)cc2)cc1. The zero-order valence-electron chi connectivity index (χ0n) is 20.3. The van der Waals surface area contributed by atoms with E-state index in [2.05, 4.69) is 5.32 Å². The fourth-order valence-corrected chi connectivity index (χ4v) is 5.02. The van der Waals surface area contributed by atoms with Crippen LogP contribution in [-0.2, 0) is 11.3 Å². The van der Waals surface area contributed by atoms with Crippen LogP contribution in [0, 0.1) is 11.6 Å². The summed E-state index contributed by atoms with van der Waals surface area (Å²) in [7, 11) is 1.55. The van der Waals surface area contributed by atoms with Crippen molar-refractivity contribution < 1.29 is 23.1 Å². The number of carbonyl (C=O) groups excluding carboxylic acids is 2. The maximum Gasteiger partial charge on any atom is 0.255 e. The number of hydrogen-bond donors (Lipinski definition) is 1. The molecule has 192 valence electrons. The van der Waals surface area contributed by atoms with Gasteiger partial charge in [-0.15, -0.1) is 0 Å². The molecule has 2 unspecified atom stereocenters. The largest absolute Gasteiger partial charge is 0.497 e. The van der Waals surface area contributed by atoms with Gasteiger partial charge in [0.15, 0.2) is 0 Å². The van der Waals surface area contributed by atoms with Crippen LogP contribution in [-0.4, -0.2) is 23.8 Å². The number of ether oxygens (including phenoxy) is 1. The highest BCUT2D eigenvalue weighted by atomic mass is 35.5. The number of amides is 2. The third kappa shape index (κ3) is 4.97. The van der Waals surface area contributed by atoms with E-state index in [0.29, 0.717) is 28.0 Å². The summed E-state index contributed by atoms with van der Waals surface area (Å²) < 4.78 is 32.5. The molecule has 0 saturated heterocycles.